The first-order valence-corrected chi connectivity index (χ1v) is 7.69. The van der Waals surface area contributed by atoms with Crippen LogP contribution in [0.4, 0.5) is 4.79 Å². The average molecular weight is 300 g/mol. The Morgan fingerprint density at radius 3 is 2.48 bits per heavy atom. The summed E-state index contributed by atoms with van der Waals surface area (Å²) in [4.78, 5) is 24.8. The lowest BCUT2D eigenvalue weighted by Crippen LogP contribution is -2.43. The highest BCUT2D eigenvalue weighted by molar-refractivity contribution is 5.75. The van der Waals surface area contributed by atoms with Gasteiger partial charge in [-0.2, -0.15) is 0 Å². The Balaban J connectivity index is 2.34. The summed E-state index contributed by atoms with van der Waals surface area (Å²) in [6, 6.07) is -0.198. The van der Waals surface area contributed by atoms with Gasteiger partial charge in [-0.25, -0.2) is 4.79 Å². The lowest BCUT2D eigenvalue weighted by Gasteiger charge is -2.27. The molecule has 2 amide bonds. The number of hydrogen-bond donors (Lipinski definition) is 2. The molecule has 2 N–H and O–H groups in total. The number of carbonyl (C=O) groups excluding carboxylic acids is 1. The van der Waals surface area contributed by atoms with E-state index in [0.29, 0.717) is 24.8 Å². The Morgan fingerprint density at radius 1 is 1.33 bits per heavy atom. The van der Waals surface area contributed by atoms with Crippen molar-refractivity contribution in [3.63, 3.8) is 0 Å². The van der Waals surface area contributed by atoms with E-state index in [0.717, 1.165) is 26.1 Å². The first-order chi connectivity index (χ1) is 9.90. The van der Waals surface area contributed by atoms with Gasteiger partial charge < -0.3 is 20.1 Å². The molecule has 0 saturated carbocycles. The maximum atomic E-state index is 12.0. The zero-order chi connectivity index (χ0) is 15.8. The summed E-state index contributed by atoms with van der Waals surface area (Å²) in [6.07, 6.45) is 2.52. The van der Waals surface area contributed by atoms with E-state index in [-0.39, 0.29) is 12.6 Å². The number of aliphatic carboxylic acids is 1. The summed E-state index contributed by atoms with van der Waals surface area (Å²) >= 11 is 0. The largest absolute Gasteiger partial charge is 0.481 e. The molecule has 6 nitrogen and oxygen atoms in total. The summed E-state index contributed by atoms with van der Waals surface area (Å²) in [5, 5.41) is 11.9. The SMILES string of the molecule is CC(C)CC(CNC(=O)N(C)CC1CCOCC1)C(=O)O. The third-order valence-electron chi connectivity index (χ3n) is 3.82. The standard InChI is InChI=1S/C15H28N2O4/c1-11(2)8-13(14(18)19)9-16-15(20)17(3)10-12-4-6-21-7-5-12/h11-13H,4-10H2,1-3H3,(H,16,20)(H,18,19). The Kier molecular flexibility index (Phi) is 7.50. The highest BCUT2D eigenvalue weighted by atomic mass is 16.5. The average Bonchev–Trinajstić information content (AvgIpc) is 2.43. The number of nitrogens with zero attached hydrogens (tertiary/aromatic N) is 1. The minimum Gasteiger partial charge on any atom is -0.481 e. The highest BCUT2D eigenvalue weighted by Gasteiger charge is 2.22. The molecule has 0 bridgehead atoms. The van der Waals surface area contributed by atoms with Gasteiger partial charge in [-0.3, -0.25) is 4.79 Å². The molecule has 0 aromatic carbocycles. The molecule has 1 saturated heterocycles. The number of carboxylic acid groups (broad SMARTS) is 1. The third kappa shape index (κ3) is 6.80. The van der Waals surface area contributed by atoms with Crippen molar-refractivity contribution >= 4 is 12.0 Å². The smallest absolute Gasteiger partial charge is 0.317 e. The number of ether oxygens (including phenoxy) is 1. The van der Waals surface area contributed by atoms with Crippen molar-refractivity contribution < 1.29 is 19.4 Å². The van der Waals surface area contributed by atoms with Crippen LogP contribution in [0, 0.1) is 17.8 Å². The van der Waals surface area contributed by atoms with E-state index in [2.05, 4.69) is 5.32 Å². The Hall–Kier alpha value is -1.30. The van der Waals surface area contributed by atoms with E-state index < -0.39 is 11.9 Å². The predicted molar refractivity (Wildman–Crippen MR) is 80.2 cm³/mol. The van der Waals surface area contributed by atoms with Crippen molar-refractivity contribution in [1.82, 2.24) is 10.2 Å². The fourth-order valence-corrected chi connectivity index (χ4v) is 2.59. The molecular weight excluding hydrogens is 272 g/mol. The minimum absolute atomic E-state index is 0.185. The molecule has 1 aliphatic heterocycles. The van der Waals surface area contributed by atoms with Crippen LogP contribution in [0.1, 0.15) is 33.1 Å². The number of carbonyl (C=O) groups is 2. The van der Waals surface area contributed by atoms with Gasteiger partial charge in [-0.05, 0) is 31.1 Å². The summed E-state index contributed by atoms with van der Waals surface area (Å²) < 4.78 is 5.30. The van der Waals surface area contributed by atoms with Crippen LogP contribution in [0.25, 0.3) is 0 Å². The van der Waals surface area contributed by atoms with Gasteiger partial charge >= 0.3 is 12.0 Å². The molecule has 21 heavy (non-hydrogen) atoms. The summed E-state index contributed by atoms with van der Waals surface area (Å²) in [5.41, 5.74) is 0. The number of hydrogen-bond acceptors (Lipinski definition) is 3. The van der Waals surface area contributed by atoms with E-state index in [1.807, 2.05) is 13.8 Å². The molecule has 1 rings (SSSR count). The molecule has 0 aromatic rings. The van der Waals surface area contributed by atoms with Gasteiger partial charge in [-0.1, -0.05) is 13.8 Å². The van der Waals surface area contributed by atoms with Crippen LogP contribution >= 0.6 is 0 Å². The van der Waals surface area contributed by atoms with Crippen LogP contribution in [0.2, 0.25) is 0 Å². The molecule has 1 heterocycles. The van der Waals surface area contributed by atoms with E-state index in [1.165, 1.54) is 0 Å². The van der Waals surface area contributed by atoms with Gasteiger partial charge in [0.15, 0.2) is 0 Å². The molecule has 1 fully saturated rings. The molecule has 122 valence electrons. The van der Waals surface area contributed by atoms with Crippen molar-refractivity contribution in [3.8, 4) is 0 Å². The Labute approximate surface area is 126 Å². The normalized spacial score (nSPS) is 17.5. The van der Waals surface area contributed by atoms with Gasteiger partial charge in [0.25, 0.3) is 0 Å². The van der Waals surface area contributed by atoms with Gasteiger partial charge in [0.1, 0.15) is 0 Å². The summed E-state index contributed by atoms with van der Waals surface area (Å²) in [6.45, 7) is 6.36. The lowest BCUT2D eigenvalue weighted by atomic mass is 9.97. The molecule has 0 radical (unpaired) electrons. The lowest BCUT2D eigenvalue weighted by molar-refractivity contribution is -0.142. The fraction of sp³-hybridized carbons (Fsp3) is 0.867. The van der Waals surface area contributed by atoms with Crippen molar-refractivity contribution in [2.75, 3.05) is 33.4 Å². The summed E-state index contributed by atoms with van der Waals surface area (Å²) in [7, 11) is 1.75. The van der Waals surface area contributed by atoms with Crippen LogP contribution in [-0.2, 0) is 9.53 Å². The van der Waals surface area contributed by atoms with Crippen LogP contribution in [0.15, 0.2) is 0 Å². The maximum absolute atomic E-state index is 12.0. The van der Waals surface area contributed by atoms with Crippen molar-refractivity contribution in [1.29, 1.82) is 0 Å². The van der Waals surface area contributed by atoms with Crippen LogP contribution in [-0.4, -0.2) is 55.4 Å². The number of urea groups is 1. The molecule has 1 unspecified atom stereocenters. The molecule has 0 aliphatic carbocycles. The minimum atomic E-state index is -0.851. The van der Waals surface area contributed by atoms with Crippen LogP contribution < -0.4 is 5.32 Å². The zero-order valence-electron chi connectivity index (χ0n) is 13.3. The van der Waals surface area contributed by atoms with E-state index in [9.17, 15) is 9.59 Å². The second-order valence-electron chi connectivity index (χ2n) is 6.29. The first kappa shape index (κ1) is 17.8. The highest BCUT2D eigenvalue weighted by Crippen LogP contribution is 2.15. The van der Waals surface area contributed by atoms with Crippen molar-refractivity contribution in [2.45, 2.75) is 33.1 Å². The van der Waals surface area contributed by atoms with Gasteiger partial charge in [-0.15, -0.1) is 0 Å². The second-order valence-corrected chi connectivity index (χ2v) is 6.29. The number of amides is 2. The molecular formula is C15H28N2O4. The topological polar surface area (TPSA) is 78.9 Å². The monoisotopic (exact) mass is 300 g/mol. The van der Waals surface area contributed by atoms with Crippen LogP contribution in [0.5, 0.6) is 0 Å². The van der Waals surface area contributed by atoms with Crippen molar-refractivity contribution in [3.05, 3.63) is 0 Å². The van der Waals surface area contributed by atoms with E-state index in [1.54, 1.807) is 11.9 Å². The first-order valence-electron chi connectivity index (χ1n) is 7.69. The van der Waals surface area contributed by atoms with E-state index >= 15 is 0 Å². The number of rotatable bonds is 7. The second kappa shape index (κ2) is 8.87. The fourth-order valence-electron chi connectivity index (χ4n) is 2.59. The zero-order valence-corrected chi connectivity index (χ0v) is 13.3. The molecule has 1 atom stereocenters. The maximum Gasteiger partial charge on any atom is 0.317 e. The summed E-state index contributed by atoms with van der Waals surface area (Å²) in [5.74, 6) is -0.607. The molecule has 0 aromatic heterocycles. The predicted octanol–water partition coefficient (Wildman–Crippen LogP) is 1.80. The molecule has 0 spiro atoms. The van der Waals surface area contributed by atoms with Gasteiger partial charge in [0, 0.05) is 33.4 Å². The Morgan fingerprint density at radius 2 is 1.95 bits per heavy atom. The van der Waals surface area contributed by atoms with E-state index in [4.69, 9.17) is 9.84 Å². The number of nitrogens with one attached hydrogen (secondary N) is 1. The van der Waals surface area contributed by atoms with Crippen LogP contribution in [0.3, 0.4) is 0 Å². The molecule has 6 heteroatoms. The third-order valence-corrected chi connectivity index (χ3v) is 3.82. The number of carboxylic acids is 1. The Bertz CT molecular complexity index is 341. The van der Waals surface area contributed by atoms with Gasteiger partial charge in [0.2, 0.25) is 0 Å². The molecule has 1 aliphatic rings. The van der Waals surface area contributed by atoms with Gasteiger partial charge in [0.05, 0.1) is 5.92 Å². The quantitative estimate of drug-likeness (QED) is 0.751. The van der Waals surface area contributed by atoms with Crippen molar-refractivity contribution in [2.24, 2.45) is 17.8 Å².